The lowest BCUT2D eigenvalue weighted by molar-refractivity contribution is -0.113. The molecule has 0 bridgehead atoms. The number of benzene rings is 1. The van der Waals surface area contributed by atoms with E-state index in [4.69, 9.17) is 4.74 Å². The molecule has 9 heteroatoms. The normalized spacial score (nSPS) is 14.0. The summed E-state index contributed by atoms with van der Waals surface area (Å²) < 4.78 is 6.98. The number of thiophene rings is 1. The highest BCUT2D eigenvalue weighted by atomic mass is 32.2. The van der Waals surface area contributed by atoms with E-state index < -0.39 is 5.97 Å². The van der Waals surface area contributed by atoms with Gasteiger partial charge in [-0.05, 0) is 25.3 Å². The van der Waals surface area contributed by atoms with Gasteiger partial charge < -0.3 is 14.6 Å². The van der Waals surface area contributed by atoms with Gasteiger partial charge in [0.15, 0.2) is 5.16 Å². The van der Waals surface area contributed by atoms with Crippen molar-refractivity contribution in [3.05, 3.63) is 46.6 Å². The van der Waals surface area contributed by atoms with E-state index in [9.17, 15) is 9.59 Å². The molecule has 1 fully saturated rings. The SMILES string of the molecule is COC(=O)c1c(-c2ccc(C)cc2)csc1NC(=O)CSc1nnc(C2CCCC2)n1C. The van der Waals surface area contributed by atoms with Crippen LogP contribution in [0.3, 0.4) is 0 Å². The van der Waals surface area contributed by atoms with Crippen molar-refractivity contribution < 1.29 is 14.3 Å². The summed E-state index contributed by atoms with van der Waals surface area (Å²) in [6, 6.07) is 7.90. The number of methoxy groups -OCH3 is 1. The zero-order valence-corrected chi connectivity index (χ0v) is 20.0. The van der Waals surface area contributed by atoms with Crippen LogP contribution >= 0.6 is 23.1 Å². The third kappa shape index (κ3) is 4.73. The van der Waals surface area contributed by atoms with Crippen LogP contribution in [0.25, 0.3) is 11.1 Å². The van der Waals surface area contributed by atoms with Crippen LogP contribution in [0.15, 0.2) is 34.8 Å². The fourth-order valence-electron chi connectivity index (χ4n) is 3.98. The van der Waals surface area contributed by atoms with E-state index in [2.05, 4.69) is 15.5 Å². The molecule has 0 saturated heterocycles. The van der Waals surface area contributed by atoms with Gasteiger partial charge in [0, 0.05) is 23.9 Å². The molecule has 0 spiro atoms. The molecule has 1 aromatic carbocycles. The number of nitrogens with one attached hydrogen (secondary N) is 1. The molecule has 32 heavy (non-hydrogen) atoms. The first kappa shape index (κ1) is 22.5. The van der Waals surface area contributed by atoms with E-state index in [1.807, 2.05) is 48.2 Å². The lowest BCUT2D eigenvalue weighted by Crippen LogP contribution is -2.16. The predicted octanol–water partition coefficient (Wildman–Crippen LogP) is 5.03. The Kier molecular flexibility index (Phi) is 6.95. The van der Waals surface area contributed by atoms with Gasteiger partial charge in [-0.1, -0.05) is 54.4 Å². The summed E-state index contributed by atoms with van der Waals surface area (Å²) in [5.74, 6) is 0.959. The molecule has 1 N–H and O–H groups in total. The maximum atomic E-state index is 12.7. The van der Waals surface area contributed by atoms with Crippen LogP contribution in [0.2, 0.25) is 0 Å². The Bertz CT molecular complexity index is 1110. The second-order valence-electron chi connectivity index (χ2n) is 7.93. The molecule has 168 valence electrons. The zero-order valence-electron chi connectivity index (χ0n) is 18.4. The van der Waals surface area contributed by atoms with Crippen molar-refractivity contribution in [1.29, 1.82) is 0 Å². The number of nitrogens with zero attached hydrogens (tertiary/aromatic N) is 3. The van der Waals surface area contributed by atoms with E-state index in [0.717, 1.165) is 40.5 Å². The van der Waals surface area contributed by atoms with Gasteiger partial charge in [-0.3, -0.25) is 4.79 Å². The highest BCUT2D eigenvalue weighted by Crippen LogP contribution is 2.37. The number of ether oxygens (including phenoxy) is 1. The second-order valence-corrected chi connectivity index (χ2v) is 9.75. The summed E-state index contributed by atoms with van der Waals surface area (Å²) in [6.07, 6.45) is 4.76. The van der Waals surface area contributed by atoms with Crippen LogP contribution in [0, 0.1) is 6.92 Å². The van der Waals surface area contributed by atoms with Crippen LogP contribution in [-0.4, -0.2) is 39.5 Å². The number of hydrogen-bond acceptors (Lipinski definition) is 7. The summed E-state index contributed by atoms with van der Waals surface area (Å²) in [7, 11) is 3.30. The fraction of sp³-hybridized carbons (Fsp3) is 0.391. The second kappa shape index (κ2) is 9.87. The number of aryl methyl sites for hydroxylation is 1. The Morgan fingerprint density at radius 2 is 1.94 bits per heavy atom. The Morgan fingerprint density at radius 3 is 2.62 bits per heavy atom. The monoisotopic (exact) mass is 470 g/mol. The molecule has 7 nitrogen and oxygen atoms in total. The quantitative estimate of drug-likeness (QED) is 0.385. The summed E-state index contributed by atoms with van der Waals surface area (Å²) in [5, 5.41) is 14.6. The van der Waals surface area contributed by atoms with Gasteiger partial charge in [-0.15, -0.1) is 21.5 Å². The van der Waals surface area contributed by atoms with Gasteiger partial charge >= 0.3 is 5.97 Å². The van der Waals surface area contributed by atoms with Gasteiger partial charge in [0.1, 0.15) is 16.4 Å². The summed E-state index contributed by atoms with van der Waals surface area (Å²) >= 11 is 2.66. The van der Waals surface area contributed by atoms with Crippen LogP contribution in [-0.2, 0) is 16.6 Å². The van der Waals surface area contributed by atoms with E-state index in [-0.39, 0.29) is 11.7 Å². The van der Waals surface area contributed by atoms with Crippen LogP contribution in [0.4, 0.5) is 5.00 Å². The minimum atomic E-state index is -0.473. The molecular formula is C23H26N4O3S2. The Hall–Kier alpha value is -2.65. The standard InChI is InChI=1S/C23H26N4O3S2/c1-14-8-10-15(11-9-14)17-12-31-21(19(17)22(29)30-3)24-18(28)13-32-23-26-25-20(27(23)2)16-6-4-5-7-16/h8-12,16H,4-7,13H2,1-3H3,(H,24,28). The third-order valence-corrected chi connectivity index (χ3v) is 7.63. The molecule has 1 aliphatic rings. The van der Waals surface area contributed by atoms with Crippen LogP contribution in [0.1, 0.15) is 53.3 Å². The van der Waals surface area contributed by atoms with Gasteiger partial charge in [0.25, 0.3) is 0 Å². The predicted molar refractivity (Wildman–Crippen MR) is 127 cm³/mol. The number of anilines is 1. The average Bonchev–Trinajstić information content (AvgIpc) is 3.53. The van der Waals surface area contributed by atoms with Crippen molar-refractivity contribution in [2.45, 2.75) is 43.7 Å². The van der Waals surface area contributed by atoms with Gasteiger partial charge in [0.05, 0.1) is 12.9 Å². The Labute approximate surface area is 195 Å². The highest BCUT2D eigenvalue weighted by molar-refractivity contribution is 7.99. The van der Waals surface area contributed by atoms with E-state index in [1.54, 1.807) is 0 Å². The number of rotatable bonds is 7. The maximum absolute atomic E-state index is 12.7. The van der Waals surface area contributed by atoms with Crippen molar-refractivity contribution >= 4 is 40.0 Å². The first-order chi connectivity index (χ1) is 15.5. The van der Waals surface area contributed by atoms with E-state index in [0.29, 0.717) is 16.5 Å². The van der Waals surface area contributed by atoms with Gasteiger partial charge in [-0.25, -0.2) is 4.79 Å². The maximum Gasteiger partial charge on any atom is 0.341 e. The molecule has 4 rings (SSSR count). The number of amides is 1. The topological polar surface area (TPSA) is 86.1 Å². The van der Waals surface area contributed by atoms with Crippen LogP contribution in [0.5, 0.6) is 0 Å². The molecule has 0 aliphatic heterocycles. The molecular weight excluding hydrogens is 444 g/mol. The molecule has 2 aromatic heterocycles. The molecule has 0 unspecified atom stereocenters. The molecule has 1 amide bonds. The number of esters is 1. The Morgan fingerprint density at radius 1 is 1.22 bits per heavy atom. The number of thioether (sulfide) groups is 1. The summed E-state index contributed by atoms with van der Waals surface area (Å²) in [5.41, 5.74) is 3.16. The lowest BCUT2D eigenvalue weighted by Gasteiger charge is -2.09. The minimum Gasteiger partial charge on any atom is -0.465 e. The average molecular weight is 471 g/mol. The number of carbonyl (C=O) groups excluding carboxylic acids is 2. The van der Waals surface area contributed by atoms with Crippen molar-refractivity contribution in [2.75, 3.05) is 18.2 Å². The van der Waals surface area contributed by atoms with Gasteiger partial charge in [-0.2, -0.15) is 0 Å². The van der Waals surface area contributed by atoms with Gasteiger partial charge in [0.2, 0.25) is 5.91 Å². The summed E-state index contributed by atoms with van der Waals surface area (Å²) in [4.78, 5) is 25.2. The molecule has 2 heterocycles. The first-order valence-corrected chi connectivity index (χ1v) is 12.4. The molecule has 0 radical (unpaired) electrons. The van der Waals surface area contributed by atoms with Crippen LogP contribution < -0.4 is 5.32 Å². The Balaban J connectivity index is 1.46. The minimum absolute atomic E-state index is 0.176. The zero-order chi connectivity index (χ0) is 22.7. The van der Waals surface area contributed by atoms with Crippen molar-refractivity contribution in [1.82, 2.24) is 14.8 Å². The number of hydrogen-bond donors (Lipinski definition) is 1. The van der Waals surface area contributed by atoms with E-state index in [1.165, 1.54) is 43.1 Å². The highest BCUT2D eigenvalue weighted by Gasteiger charge is 2.25. The smallest absolute Gasteiger partial charge is 0.341 e. The third-order valence-electron chi connectivity index (χ3n) is 5.72. The molecule has 0 atom stereocenters. The fourth-order valence-corrected chi connectivity index (χ4v) is 5.68. The lowest BCUT2D eigenvalue weighted by atomic mass is 10.0. The largest absolute Gasteiger partial charge is 0.465 e. The van der Waals surface area contributed by atoms with E-state index >= 15 is 0 Å². The number of carbonyl (C=O) groups is 2. The molecule has 1 aliphatic carbocycles. The van der Waals surface area contributed by atoms with Crippen molar-refractivity contribution in [3.63, 3.8) is 0 Å². The summed E-state index contributed by atoms with van der Waals surface area (Å²) in [6.45, 7) is 2.01. The number of aromatic nitrogens is 3. The first-order valence-electron chi connectivity index (χ1n) is 10.6. The molecule has 1 saturated carbocycles. The van der Waals surface area contributed by atoms with Crippen molar-refractivity contribution in [3.8, 4) is 11.1 Å². The van der Waals surface area contributed by atoms with Crippen molar-refractivity contribution in [2.24, 2.45) is 7.05 Å². The molecule has 3 aromatic rings.